The molecule has 1 aliphatic rings. The second-order valence-electron chi connectivity index (χ2n) is 9.04. The number of unbranched alkanes of at least 4 members (excludes halogenated alkanes) is 13. The zero-order chi connectivity index (χ0) is 23.8. The van der Waals surface area contributed by atoms with E-state index in [0.717, 1.165) is 12.8 Å². The van der Waals surface area contributed by atoms with E-state index in [1.807, 2.05) is 0 Å². The van der Waals surface area contributed by atoms with Crippen LogP contribution in [-0.4, -0.2) is 35.2 Å². The van der Waals surface area contributed by atoms with Crippen LogP contribution in [0.2, 0.25) is 0 Å². The number of rotatable bonds is 18. The monoisotopic (exact) mass is 485 g/mol. The molecule has 2 heterocycles. The van der Waals surface area contributed by atoms with Crippen LogP contribution in [0.25, 0.3) is 0 Å². The van der Waals surface area contributed by atoms with Gasteiger partial charge in [0.25, 0.3) is 0 Å². The second-order valence-corrected chi connectivity index (χ2v) is 11.0. The van der Waals surface area contributed by atoms with E-state index in [2.05, 4.69) is 11.9 Å². The van der Waals surface area contributed by atoms with Crippen molar-refractivity contribution in [3.05, 3.63) is 22.7 Å². The van der Waals surface area contributed by atoms with E-state index in [1.165, 1.54) is 81.6 Å². The molecule has 0 bridgehead atoms. The molecule has 0 amide bonds. The lowest BCUT2D eigenvalue weighted by Gasteiger charge is -2.29. The van der Waals surface area contributed by atoms with E-state index >= 15 is 0 Å². The van der Waals surface area contributed by atoms with Crippen LogP contribution in [0.4, 0.5) is 5.82 Å². The van der Waals surface area contributed by atoms with Gasteiger partial charge in [-0.15, -0.1) is 0 Å². The van der Waals surface area contributed by atoms with Crippen molar-refractivity contribution < 1.29 is 18.3 Å². The number of hydrogen-bond donors (Lipinski definition) is 1. The third-order valence-corrected chi connectivity index (χ3v) is 7.59. The first kappa shape index (κ1) is 28.0. The molecular formula is C24H44N3O5P. The number of anilines is 1. The van der Waals surface area contributed by atoms with Crippen molar-refractivity contribution in [1.29, 1.82) is 0 Å². The molecule has 1 saturated heterocycles. The molecule has 2 N–H and O–H groups in total. The van der Waals surface area contributed by atoms with Gasteiger partial charge in [0.1, 0.15) is 18.3 Å². The number of hydrogen-bond acceptors (Lipinski definition) is 7. The average Bonchev–Trinajstić information content (AvgIpc) is 2.80. The third-order valence-electron chi connectivity index (χ3n) is 6.01. The molecule has 9 heteroatoms. The quantitative estimate of drug-likeness (QED) is 0.204. The average molecular weight is 486 g/mol. The van der Waals surface area contributed by atoms with Gasteiger partial charge in [0.15, 0.2) is 0 Å². The number of nitrogens with zero attached hydrogens (tertiary/aromatic N) is 2. The van der Waals surface area contributed by atoms with Crippen molar-refractivity contribution in [3.63, 3.8) is 0 Å². The summed E-state index contributed by atoms with van der Waals surface area (Å²) in [6.45, 7) is 3.07. The van der Waals surface area contributed by atoms with Crippen molar-refractivity contribution in [2.75, 3.05) is 25.3 Å². The smallest absolute Gasteiger partial charge is 0.356 e. The predicted octanol–water partition coefficient (Wildman–Crippen LogP) is 5.89. The molecule has 0 aromatic carbocycles. The first-order valence-corrected chi connectivity index (χ1v) is 14.6. The standard InChI is InChI=1S/C24H44N3O5P/c1-2-3-4-5-6-7-8-9-10-11-12-13-14-15-18-31-33(29)21-30-22(20-32-33)19-27-17-16-23(25)26-24(27)28/h16-17,22H,2-15,18-21H2,1H3,(H2,25,26,28). The number of nitrogens with two attached hydrogens (primary N) is 1. The Bertz CT molecular complexity index is 746. The highest BCUT2D eigenvalue weighted by molar-refractivity contribution is 7.53. The van der Waals surface area contributed by atoms with Crippen LogP contribution in [0.15, 0.2) is 17.1 Å². The van der Waals surface area contributed by atoms with Gasteiger partial charge in [-0.3, -0.25) is 9.13 Å². The molecule has 1 aliphatic heterocycles. The third kappa shape index (κ3) is 12.2. The molecule has 2 unspecified atom stereocenters. The van der Waals surface area contributed by atoms with E-state index in [0.29, 0.717) is 6.61 Å². The van der Waals surface area contributed by atoms with Crippen molar-refractivity contribution in [1.82, 2.24) is 9.55 Å². The maximum absolute atomic E-state index is 12.6. The first-order valence-electron chi connectivity index (χ1n) is 12.8. The zero-order valence-electron chi connectivity index (χ0n) is 20.4. The van der Waals surface area contributed by atoms with Crippen molar-refractivity contribution in [2.24, 2.45) is 0 Å². The van der Waals surface area contributed by atoms with Gasteiger partial charge in [-0.05, 0) is 12.5 Å². The summed E-state index contributed by atoms with van der Waals surface area (Å²) in [6.07, 6.45) is 19.2. The summed E-state index contributed by atoms with van der Waals surface area (Å²) >= 11 is 0. The molecule has 1 aromatic heterocycles. The largest absolute Gasteiger partial charge is 0.383 e. The van der Waals surface area contributed by atoms with Gasteiger partial charge in [-0.2, -0.15) is 4.98 Å². The normalized spacial score (nSPS) is 20.8. The summed E-state index contributed by atoms with van der Waals surface area (Å²) in [5.41, 5.74) is 5.05. The van der Waals surface area contributed by atoms with Crippen LogP contribution in [0, 0.1) is 0 Å². The Morgan fingerprint density at radius 2 is 1.61 bits per heavy atom. The Kier molecular flexibility index (Phi) is 13.9. The molecule has 1 fully saturated rings. The first-order chi connectivity index (χ1) is 16.0. The molecule has 0 saturated carbocycles. The van der Waals surface area contributed by atoms with E-state index in [9.17, 15) is 9.36 Å². The lowest BCUT2D eigenvalue weighted by molar-refractivity contribution is -0.0146. The van der Waals surface area contributed by atoms with Crippen LogP contribution in [-0.2, 0) is 24.9 Å². The van der Waals surface area contributed by atoms with E-state index in [1.54, 1.807) is 12.3 Å². The molecule has 190 valence electrons. The van der Waals surface area contributed by atoms with Crippen LogP contribution in [0.1, 0.15) is 96.8 Å². The van der Waals surface area contributed by atoms with E-state index in [4.69, 9.17) is 19.5 Å². The number of nitrogen functional groups attached to an aromatic ring is 1. The van der Waals surface area contributed by atoms with Gasteiger partial charge in [-0.25, -0.2) is 4.79 Å². The van der Waals surface area contributed by atoms with Crippen LogP contribution < -0.4 is 11.4 Å². The zero-order valence-corrected chi connectivity index (χ0v) is 21.3. The van der Waals surface area contributed by atoms with E-state index in [-0.39, 0.29) is 31.4 Å². The van der Waals surface area contributed by atoms with Crippen molar-refractivity contribution in [2.45, 2.75) is 109 Å². The highest BCUT2D eigenvalue weighted by Crippen LogP contribution is 2.51. The number of aromatic nitrogens is 2. The van der Waals surface area contributed by atoms with Crippen molar-refractivity contribution in [3.8, 4) is 0 Å². The van der Waals surface area contributed by atoms with Crippen molar-refractivity contribution >= 4 is 13.4 Å². The van der Waals surface area contributed by atoms with Crippen LogP contribution in [0.3, 0.4) is 0 Å². The molecule has 2 atom stereocenters. The summed E-state index contributed by atoms with van der Waals surface area (Å²) in [6, 6.07) is 1.55. The fraction of sp³-hybridized carbons (Fsp3) is 0.833. The number of ether oxygens (including phenoxy) is 1. The van der Waals surface area contributed by atoms with Gasteiger partial charge in [-0.1, -0.05) is 90.4 Å². The summed E-state index contributed by atoms with van der Waals surface area (Å²) < 4.78 is 30.6. The lowest BCUT2D eigenvalue weighted by atomic mass is 10.0. The molecular weight excluding hydrogens is 441 g/mol. The second kappa shape index (κ2) is 16.4. The van der Waals surface area contributed by atoms with Gasteiger partial charge in [0, 0.05) is 6.20 Å². The van der Waals surface area contributed by atoms with Gasteiger partial charge in [0.2, 0.25) is 0 Å². The minimum Gasteiger partial charge on any atom is -0.383 e. The van der Waals surface area contributed by atoms with Gasteiger partial charge in [0.05, 0.1) is 19.8 Å². The van der Waals surface area contributed by atoms with Crippen LogP contribution in [0.5, 0.6) is 0 Å². The Morgan fingerprint density at radius 3 is 2.12 bits per heavy atom. The molecule has 1 aromatic rings. The summed E-state index contributed by atoms with van der Waals surface area (Å²) in [7, 11) is -3.21. The maximum Gasteiger partial charge on any atom is 0.356 e. The molecule has 0 aliphatic carbocycles. The minimum absolute atomic E-state index is 0.0899. The molecule has 8 nitrogen and oxygen atoms in total. The Hall–Kier alpha value is -1.21. The molecule has 2 rings (SSSR count). The van der Waals surface area contributed by atoms with Gasteiger partial charge >= 0.3 is 13.3 Å². The summed E-state index contributed by atoms with van der Waals surface area (Å²) in [4.78, 5) is 15.5. The lowest BCUT2D eigenvalue weighted by Crippen LogP contribution is -2.35. The Balaban J connectivity index is 1.42. The fourth-order valence-electron chi connectivity index (χ4n) is 3.96. The molecule has 33 heavy (non-hydrogen) atoms. The molecule has 0 radical (unpaired) electrons. The van der Waals surface area contributed by atoms with Gasteiger partial charge < -0.3 is 19.5 Å². The Labute approximate surface area is 199 Å². The molecule has 0 spiro atoms. The highest BCUT2D eigenvalue weighted by Gasteiger charge is 2.33. The Morgan fingerprint density at radius 1 is 1.03 bits per heavy atom. The topological polar surface area (TPSA) is 106 Å². The highest BCUT2D eigenvalue weighted by atomic mass is 31.2. The summed E-state index contributed by atoms with van der Waals surface area (Å²) in [5.74, 6) is 0.179. The summed E-state index contributed by atoms with van der Waals surface area (Å²) in [5, 5.41) is 0. The predicted molar refractivity (Wildman–Crippen MR) is 132 cm³/mol. The SMILES string of the molecule is CCCCCCCCCCCCCCCCOP1(=O)COC(Cn2ccc(N)nc2=O)CO1. The fourth-order valence-corrected chi connectivity index (χ4v) is 5.38. The maximum atomic E-state index is 12.6. The minimum atomic E-state index is -3.21. The van der Waals surface area contributed by atoms with E-state index < -0.39 is 13.3 Å². The van der Waals surface area contributed by atoms with Crippen LogP contribution >= 0.6 is 7.60 Å².